The Kier molecular flexibility index (Phi) is 7.44. The molecule has 0 saturated carbocycles. The molecule has 2 N–H and O–H groups in total. The van der Waals surface area contributed by atoms with Crippen LogP contribution < -0.4 is 10.6 Å². The highest BCUT2D eigenvalue weighted by molar-refractivity contribution is 5.85. The van der Waals surface area contributed by atoms with Crippen LogP contribution in [0.2, 0.25) is 0 Å². The molecule has 142 valence electrons. The van der Waals surface area contributed by atoms with E-state index in [9.17, 15) is 0 Å². The van der Waals surface area contributed by atoms with Crippen molar-refractivity contribution in [2.75, 3.05) is 31.6 Å². The first kappa shape index (κ1) is 20.7. The zero-order chi connectivity index (χ0) is 17.8. The molecule has 0 amide bonds. The van der Waals surface area contributed by atoms with Gasteiger partial charge in [0.1, 0.15) is 5.82 Å². The maximum Gasteiger partial charge on any atom is 0.128 e. The van der Waals surface area contributed by atoms with Gasteiger partial charge in [0, 0.05) is 44.8 Å². The first-order chi connectivity index (χ1) is 12.1. The molecule has 0 spiro atoms. The van der Waals surface area contributed by atoms with Crippen LogP contribution in [0.3, 0.4) is 0 Å². The molecular formula is C21H31ClN4. The van der Waals surface area contributed by atoms with Gasteiger partial charge >= 0.3 is 0 Å². The Morgan fingerprint density at radius 2 is 1.88 bits per heavy atom. The molecule has 26 heavy (non-hydrogen) atoms. The number of hydrogen-bond acceptors (Lipinski definition) is 4. The summed E-state index contributed by atoms with van der Waals surface area (Å²) in [5, 5.41) is 0. The summed E-state index contributed by atoms with van der Waals surface area (Å²) in [5.41, 5.74) is 8.73. The maximum absolute atomic E-state index is 6.05. The Bertz CT molecular complexity index is 659. The van der Waals surface area contributed by atoms with E-state index in [4.69, 9.17) is 5.73 Å². The summed E-state index contributed by atoms with van der Waals surface area (Å²) in [5.74, 6) is 2.09. The first-order valence-corrected chi connectivity index (χ1v) is 9.23. The largest absolute Gasteiger partial charge is 0.357 e. The molecule has 1 fully saturated rings. The standard InChI is InChI=1S/C21H30N4.ClH/c1-16(2)24(3)21-10-9-17(12-23-21)13-25-14-19(11-22)20(15-25)18-7-5-4-6-8-18;/h4-10,12,16,19-20H,11,13-15,22H2,1-3H3;1H/t19-,20+;/m1./s1. The van der Waals surface area contributed by atoms with Crippen LogP contribution in [0.25, 0.3) is 0 Å². The summed E-state index contributed by atoms with van der Waals surface area (Å²) >= 11 is 0. The van der Waals surface area contributed by atoms with Gasteiger partial charge in [-0.3, -0.25) is 4.90 Å². The fourth-order valence-electron chi connectivity index (χ4n) is 3.65. The Morgan fingerprint density at radius 3 is 2.46 bits per heavy atom. The van der Waals surface area contributed by atoms with Crippen LogP contribution in [-0.4, -0.2) is 42.6 Å². The van der Waals surface area contributed by atoms with Gasteiger partial charge in [-0.1, -0.05) is 36.4 Å². The van der Waals surface area contributed by atoms with E-state index in [2.05, 4.69) is 78.1 Å². The summed E-state index contributed by atoms with van der Waals surface area (Å²) in [6, 6.07) is 15.6. The van der Waals surface area contributed by atoms with Crippen molar-refractivity contribution < 1.29 is 0 Å². The number of pyridine rings is 1. The molecule has 1 aliphatic rings. The summed E-state index contributed by atoms with van der Waals surface area (Å²) < 4.78 is 0. The number of likely N-dealkylation sites (tertiary alicyclic amines) is 1. The quantitative estimate of drug-likeness (QED) is 0.840. The van der Waals surface area contributed by atoms with Gasteiger partial charge in [0.25, 0.3) is 0 Å². The molecule has 4 nitrogen and oxygen atoms in total. The lowest BCUT2D eigenvalue weighted by Crippen LogP contribution is -2.26. The smallest absolute Gasteiger partial charge is 0.128 e. The highest BCUT2D eigenvalue weighted by Crippen LogP contribution is 2.32. The molecule has 2 atom stereocenters. The van der Waals surface area contributed by atoms with Crippen molar-refractivity contribution in [3.63, 3.8) is 0 Å². The number of aromatic nitrogens is 1. The van der Waals surface area contributed by atoms with Crippen LogP contribution in [0, 0.1) is 5.92 Å². The second-order valence-electron chi connectivity index (χ2n) is 7.44. The summed E-state index contributed by atoms with van der Waals surface area (Å²) in [4.78, 5) is 9.33. The van der Waals surface area contributed by atoms with Crippen molar-refractivity contribution in [3.8, 4) is 0 Å². The second kappa shape index (κ2) is 9.36. The van der Waals surface area contributed by atoms with Crippen LogP contribution in [0.15, 0.2) is 48.7 Å². The number of rotatable bonds is 6. The van der Waals surface area contributed by atoms with E-state index in [1.54, 1.807) is 0 Å². The molecule has 0 radical (unpaired) electrons. The van der Waals surface area contributed by atoms with Crippen molar-refractivity contribution in [3.05, 3.63) is 59.8 Å². The molecule has 2 aromatic rings. The predicted molar refractivity (Wildman–Crippen MR) is 112 cm³/mol. The van der Waals surface area contributed by atoms with Crippen molar-refractivity contribution >= 4 is 18.2 Å². The molecule has 0 aliphatic carbocycles. The average Bonchev–Trinajstić information content (AvgIpc) is 3.05. The molecule has 0 unspecified atom stereocenters. The summed E-state index contributed by atoms with van der Waals surface area (Å²) in [6.07, 6.45) is 2.02. The van der Waals surface area contributed by atoms with Gasteiger partial charge in [0.15, 0.2) is 0 Å². The molecule has 5 heteroatoms. The van der Waals surface area contributed by atoms with Gasteiger partial charge in [0.2, 0.25) is 0 Å². The zero-order valence-corrected chi connectivity index (χ0v) is 16.8. The van der Waals surface area contributed by atoms with Crippen LogP contribution in [0.5, 0.6) is 0 Å². The third-order valence-corrected chi connectivity index (χ3v) is 5.40. The normalized spacial score (nSPS) is 20.2. The van der Waals surface area contributed by atoms with Crippen molar-refractivity contribution in [1.29, 1.82) is 0 Å². The Labute approximate surface area is 163 Å². The summed E-state index contributed by atoms with van der Waals surface area (Å²) in [6.45, 7) is 8.17. The molecule has 1 aromatic carbocycles. The van der Waals surface area contributed by atoms with E-state index < -0.39 is 0 Å². The predicted octanol–water partition coefficient (Wildman–Crippen LogP) is 3.52. The van der Waals surface area contributed by atoms with E-state index in [0.717, 1.165) is 32.0 Å². The van der Waals surface area contributed by atoms with E-state index in [0.29, 0.717) is 17.9 Å². The molecule has 3 rings (SSSR count). The minimum absolute atomic E-state index is 0. The number of benzene rings is 1. The Balaban J connectivity index is 0.00000243. The molecule has 1 saturated heterocycles. The lowest BCUT2D eigenvalue weighted by Gasteiger charge is -2.23. The minimum Gasteiger partial charge on any atom is -0.357 e. The van der Waals surface area contributed by atoms with Gasteiger partial charge in [-0.15, -0.1) is 12.4 Å². The van der Waals surface area contributed by atoms with Crippen LogP contribution in [0.4, 0.5) is 5.82 Å². The lowest BCUT2D eigenvalue weighted by molar-refractivity contribution is 0.316. The van der Waals surface area contributed by atoms with Crippen molar-refractivity contribution in [2.24, 2.45) is 11.7 Å². The molecule has 2 heterocycles. The molecule has 1 aliphatic heterocycles. The van der Waals surface area contributed by atoms with E-state index in [1.165, 1.54) is 11.1 Å². The Hall–Kier alpha value is -1.62. The number of hydrogen-bond donors (Lipinski definition) is 1. The fourth-order valence-corrected chi connectivity index (χ4v) is 3.65. The SMILES string of the molecule is CC(C)N(C)c1ccc(CN2C[C@@H](CN)[C@H](c3ccccc3)C2)cn1.Cl. The Morgan fingerprint density at radius 1 is 1.15 bits per heavy atom. The third-order valence-electron chi connectivity index (χ3n) is 5.40. The minimum atomic E-state index is 0. The monoisotopic (exact) mass is 374 g/mol. The average molecular weight is 375 g/mol. The van der Waals surface area contributed by atoms with Crippen LogP contribution in [0.1, 0.15) is 30.9 Å². The number of nitrogens with zero attached hydrogens (tertiary/aromatic N) is 3. The van der Waals surface area contributed by atoms with E-state index >= 15 is 0 Å². The van der Waals surface area contributed by atoms with Gasteiger partial charge in [-0.2, -0.15) is 0 Å². The highest BCUT2D eigenvalue weighted by atomic mass is 35.5. The van der Waals surface area contributed by atoms with Crippen LogP contribution in [-0.2, 0) is 6.54 Å². The van der Waals surface area contributed by atoms with Crippen molar-refractivity contribution in [2.45, 2.75) is 32.4 Å². The van der Waals surface area contributed by atoms with Gasteiger partial charge < -0.3 is 10.6 Å². The fraction of sp³-hybridized carbons (Fsp3) is 0.476. The highest BCUT2D eigenvalue weighted by Gasteiger charge is 2.32. The maximum atomic E-state index is 6.05. The van der Waals surface area contributed by atoms with Crippen LogP contribution >= 0.6 is 12.4 Å². The zero-order valence-electron chi connectivity index (χ0n) is 16.0. The van der Waals surface area contributed by atoms with Crippen molar-refractivity contribution in [1.82, 2.24) is 9.88 Å². The third kappa shape index (κ3) is 4.76. The van der Waals surface area contributed by atoms with Gasteiger partial charge in [-0.05, 0) is 43.5 Å². The number of anilines is 1. The number of halogens is 1. The molecular weight excluding hydrogens is 344 g/mol. The second-order valence-corrected chi connectivity index (χ2v) is 7.44. The first-order valence-electron chi connectivity index (χ1n) is 9.23. The summed E-state index contributed by atoms with van der Waals surface area (Å²) in [7, 11) is 2.09. The van der Waals surface area contributed by atoms with Gasteiger partial charge in [0.05, 0.1) is 0 Å². The molecule has 0 bridgehead atoms. The lowest BCUT2D eigenvalue weighted by atomic mass is 9.89. The van der Waals surface area contributed by atoms with Gasteiger partial charge in [-0.25, -0.2) is 4.98 Å². The topological polar surface area (TPSA) is 45.4 Å². The van der Waals surface area contributed by atoms with E-state index in [-0.39, 0.29) is 12.4 Å². The number of nitrogens with two attached hydrogens (primary N) is 1. The molecule has 1 aromatic heterocycles. The van der Waals surface area contributed by atoms with E-state index in [1.807, 2.05) is 6.20 Å².